The molecule has 3 rings (SSSR count). The Hall–Kier alpha value is -1.18. The second kappa shape index (κ2) is 7.15. The van der Waals surface area contributed by atoms with Gasteiger partial charge in [0.25, 0.3) is 0 Å². The van der Waals surface area contributed by atoms with Crippen LogP contribution in [0.15, 0.2) is 15.9 Å². The zero-order valence-corrected chi connectivity index (χ0v) is 15.8. The van der Waals surface area contributed by atoms with E-state index < -0.39 is 0 Å². The molecule has 7 heteroatoms. The monoisotopic (exact) mass is 396 g/mol. The lowest BCUT2D eigenvalue weighted by Crippen LogP contribution is -2.48. The molecule has 0 radical (unpaired) electrons. The molecule has 0 aliphatic carbocycles. The molecule has 1 N–H and O–H groups in total. The van der Waals surface area contributed by atoms with Gasteiger partial charge >= 0.3 is 0 Å². The molecule has 1 saturated heterocycles. The second-order valence-corrected chi connectivity index (χ2v) is 8.50. The van der Waals surface area contributed by atoms with Crippen molar-refractivity contribution in [2.45, 2.75) is 26.8 Å². The molecule has 0 aromatic carbocycles. The van der Waals surface area contributed by atoms with Gasteiger partial charge in [-0.05, 0) is 41.9 Å². The van der Waals surface area contributed by atoms with E-state index in [9.17, 15) is 4.79 Å². The molecular formula is C16H21BrN4OS. The first-order valence-corrected chi connectivity index (χ1v) is 9.38. The topological polar surface area (TPSA) is 52.2 Å². The maximum absolute atomic E-state index is 12.5. The summed E-state index contributed by atoms with van der Waals surface area (Å²) in [7, 11) is 0. The zero-order valence-electron chi connectivity index (χ0n) is 13.4. The first kappa shape index (κ1) is 16.7. The minimum atomic E-state index is 0.205. The van der Waals surface area contributed by atoms with Crippen molar-refractivity contribution in [3.05, 3.63) is 37.7 Å². The average Bonchev–Trinajstić information content (AvgIpc) is 3.08. The summed E-state index contributed by atoms with van der Waals surface area (Å²) in [5.74, 6) is 0.205. The third-order valence-corrected chi connectivity index (χ3v) is 5.95. The molecule has 2 aromatic heterocycles. The minimum Gasteiger partial charge on any atom is -0.340 e. The molecule has 1 aliphatic rings. The molecule has 3 heterocycles. The molecule has 0 atom stereocenters. The lowest BCUT2D eigenvalue weighted by atomic mass is 10.1. The van der Waals surface area contributed by atoms with E-state index in [4.69, 9.17) is 0 Å². The van der Waals surface area contributed by atoms with E-state index in [1.807, 2.05) is 18.7 Å². The van der Waals surface area contributed by atoms with Gasteiger partial charge in [-0.3, -0.25) is 14.8 Å². The number of aryl methyl sites for hydroxylation is 2. The van der Waals surface area contributed by atoms with Crippen LogP contribution in [0.1, 0.15) is 21.8 Å². The molecular weight excluding hydrogens is 376 g/mol. The Bertz CT molecular complexity index is 669. The van der Waals surface area contributed by atoms with Gasteiger partial charge in [0.1, 0.15) is 0 Å². The van der Waals surface area contributed by atoms with Gasteiger partial charge in [0.15, 0.2) is 0 Å². The maximum Gasteiger partial charge on any atom is 0.227 e. The van der Waals surface area contributed by atoms with Crippen molar-refractivity contribution in [2.24, 2.45) is 0 Å². The summed E-state index contributed by atoms with van der Waals surface area (Å²) >= 11 is 5.28. The first-order valence-electron chi connectivity index (χ1n) is 7.77. The number of aromatic nitrogens is 2. The van der Waals surface area contributed by atoms with Gasteiger partial charge in [-0.25, -0.2) is 0 Å². The van der Waals surface area contributed by atoms with Gasteiger partial charge < -0.3 is 4.90 Å². The fourth-order valence-electron chi connectivity index (χ4n) is 2.91. The summed E-state index contributed by atoms with van der Waals surface area (Å²) < 4.78 is 1.17. The van der Waals surface area contributed by atoms with E-state index in [1.165, 1.54) is 8.66 Å². The van der Waals surface area contributed by atoms with Crippen molar-refractivity contribution in [3.8, 4) is 0 Å². The fraction of sp³-hybridized carbons (Fsp3) is 0.500. The number of hydrogen-bond donors (Lipinski definition) is 1. The van der Waals surface area contributed by atoms with Gasteiger partial charge in [-0.15, -0.1) is 11.3 Å². The van der Waals surface area contributed by atoms with E-state index in [0.29, 0.717) is 6.42 Å². The normalized spacial score (nSPS) is 16.0. The van der Waals surface area contributed by atoms with Crippen molar-refractivity contribution in [1.82, 2.24) is 20.0 Å². The Kier molecular flexibility index (Phi) is 5.18. The standard InChI is InChI=1S/C16H21BrN4OS/c1-11-14(12(2)19-18-11)9-16(22)21-7-5-20(6-8-21)10-13-3-4-15(17)23-13/h3-4H,5-10H2,1-2H3,(H,18,19). The van der Waals surface area contributed by atoms with E-state index in [0.717, 1.165) is 49.7 Å². The predicted octanol–water partition coefficient (Wildman–Crippen LogP) is 2.74. The molecule has 23 heavy (non-hydrogen) atoms. The Morgan fingerprint density at radius 3 is 2.61 bits per heavy atom. The summed E-state index contributed by atoms with van der Waals surface area (Å²) in [6.45, 7) is 8.37. The maximum atomic E-state index is 12.5. The molecule has 0 saturated carbocycles. The van der Waals surface area contributed by atoms with Crippen LogP contribution >= 0.6 is 27.3 Å². The zero-order chi connectivity index (χ0) is 16.4. The number of halogens is 1. The Labute approximate surface area is 148 Å². The van der Waals surface area contributed by atoms with Gasteiger partial charge in [-0.1, -0.05) is 0 Å². The molecule has 0 unspecified atom stereocenters. The van der Waals surface area contributed by atoms with Crippen LogP contribution < -0.4 is 0 Å². The van der Waals surface area contributed by atoms with Crippen LogP contribution in [0.25, 0.3) is 0 Å². The Morgan fingerprint density at radius 1 is 1.30 bits per heavy atom. The Morgan fingerprint density at radius 2 is 2.04 bits per heavy atom. The third kappa shape index (κ3) is 4.02. The van der Waals surface area contributed by atoms with Crippen molar-refractivity contribution in [3.63, 3.8) is 0 Å². The van der Waals surface area contributed by atoms with Crippen LogP contribution in [-0.2, 0) is 17.8 Å². The highest BCUT2D eigenvalue weighted by Crippen LogP contribution is 2.23. The smallest absolute Gasteiger partial charge is 0.227 e. The lowest BCUT2D eigenvalue weighted by Gasteiger charge is -2.34. The number of thiophene rings is 1. The molecule has 1 fully saturated rings. The number of H-pyrrole nitrogens is 1. The van der Waals surface area contributed by atoms with E-state index in [-0.39, 0.29) is 5.91 Å². The predicted molar refractivity (Wildman–Crippen MR) is 95.6 cm³/mol. The third-order valence-electron chi connectivity index (χ3n) is 4.34. The van der Waals surface area contributed by atoms with Crippen LogP contribution in [-0.4, -0.2) is 52.1 Å². The highest BCUT2D eigenvalue weighted by molar-refractivity contribution is 9.11. The van der Waals surface area contributed by atoms with E-state index >= 15 is 0 Å². The van der Waals surface area contributed by atoms with Crippen molar-refractivity contribution in [2.75, 3.05) is 26.2 Å². The highest BCUT2D eigenvalue weighted by atomic mass is 79.9. The largest absolute Gasteiger partial charge is 0.340 e. The van der Waals surface area contributed by atoms with Crippen molar-refractivity contribution >= 4 is 33.2 Å². The number of hydrogen-bond acceptors (Lipinski definition) is 4. The van der Waals surface area contributed by atoms with Crippen LogP contribution in [0.4, 0.5) is 0 Å². The number of carbonyl (C=O) groups is 1. The van der Waals surface area contributed by atoms with E-state index in [1.54, 1.807) is 11.3 Å². The van der Waals surface area contributed by atoms with Crippen molar-refractivity contribution in [1.29, 1.82) is 0 Å². The highest BCUT2D eigenvalue weighted by Gasteiger charge is 2.23. The number of nitrogens with zero attached hydrogens (tertiary/aromatic N) is 3. The van der Waals surface area contributed by atoms with Gasteiger partial charge in [0.2, 0.25) is 5.91 Å². The first-order chi connectivity index (χ1) is 11.0. The van der Waals surface area contributed by atoms with Gasteiger partial charge in [0.05, 0.1) is 15.9 Å². The Balaban J connectivity index is 1.51. The molecule has 124 valence electrons. The van der Waals surface area contributed by atoms with Crippen LogP contribution in [0.3, 0.4) is 0 Å². The summed E-state index contributed by atoms with van der Waals surface area (Å²) in [5, 5.41) is 7.12. The quantitative estimate of drug-likeness (QED) is 0.863. The van der Waals surface area contributed by atoms with Gasteiger partial charge in [-0.2, -0.15) is 5.10 Å². The van der Waals surface area contributed by atoms with Crippen LogP contribution in [0, 0.1) is 13.8 Å². The molecule has 2 aromatic rings. The second-order valence-electron chi connectivity index (χ2n) is 5.95. The fourth-order valence-corrected chi connectivity index (χ4v) is 4.44. The molecule has 5 nitrogen and oxygen atoms in total. The summed E-state index contributed by atoms with van der Waals surface area (Å²) in [6.07, 6.45) is 0.450. The number of aromatic amines is 1. The summed E-state index contributed by atoms with van der Waals surface area (Å²) in [5.41, 5.74) is 2.97. The average molecular weight is 397 g/mol. The number of piperazine rings is 1. The number of carbonyl (C=O) groups excluding carboxylic acids is 1. The van der Waals surface area contributed by atoms with Gasteiger partial charge in [0, 0.05) is 48.9 Å². The molecule has 0 bridgehead atoms. The van der Waals surface area contributed by atoms with Crippen LogP contribution in [0.5, 0.6) is 0 Å². The summed E-state index contributed by atoms with van der Waals surface area (Å²) in [4.78, 5) is 18.3. The molecule has 1 amide bonds. The number of nitrogens with one attached hydrogen (secondary N) is 1. The molecule has 0 spiro atoms. The number of rotatable bonds is 4. The molecule has 1 aliphatic heterocycles. The minimum absolute atomic E-state index is 0.205. The van der Waals surface area contributed by atoms with Crippen molar-refractivity contribution < 1.29 is 4.79 Å². The van der Waals surface area contributed by atoms with Crippen LogP contribution in [0.2, 0.25) is 0 Å². The van der Waals surface area contributed by atoms with E-state index in [2.05, 4.69) is 43.2 Å². The number of amides is 1. The lowest BCUT2D eigenvalue weighted by molar-refractivity contribution is -0.132. The summed E-state index contributed by atoms with van der Waals surface area (Å²) in [6, 6.07) is 4.26. The SMILES string of the molecule is Cc1n[nH]c(C)c1CC(=O)N1CCN(Cc2ccc(Br)s2)CC1.